The fourth-order valence-corrected chi connectivity index (χ4v) is 4.45. The average molecular weight is 460 g/mol. The molecule has 0 radical (unpaired) electrons. The summed E-state index contributed by atoms with van der Waals surface area (Å²) >= 11 is 6.27. The van der Waals surface area contributed by atoms with Gasteiger partial charge in [0.15, 0.2) is 5.82 Å². The van der Waals surface area contributed by atoms with Crippen LogP contribution in [0.4, 0.5) is 10.2 Å². The van der Waals surface area contributed by atoms with Gasteiger partial charge in [-0.15, -0.1) is 0 Å². The van der Waals surface area contributed by atoms with Crippen LogP contribution in [0.5, 0.6) is 5.75 Å². The highest BCUT2D eigenvalue weighted by molar-refractivity contribution is 6.31. The summed E-state index contributed by atoms with van der Waals surface area (Å²) < 4.78 is 23.1. The van der Waals surface area contributed by atoms with E-state index in [2.05, 4.69) is 9.97 Å². The number of nitrogen functional groups attached to an aromatic ring is 1. The fraction of sp³-hybridized carbons (Fsp3) is 0.435. The van der Waals surface area contributed by atoms with Crippen LogP contribution < -0.4 is 10.5 Å². The lowest BCUT2D eigenvalue weighted by Gasteiger charge is -2.28. The predicted molar refractivity (Wildman–Crippen MR) is 122 cm³/mol. The van der Waals surface area contributed by atoms with Crippen molar-refractivity contribution in [1.29, 1.82) is 0 Å². The van der Waals surface area contributed by atoms with Crippen LogP contribution in [0.2, 0.25) is 5.02 Å². The molecule has 2 N–H and O–H groups in total. The number of carbonyl (C=O) groups excluding carboxylic acids is 1. The number of amides is 1. The number of aryl methyl sites for hydroxylation is 1. The molecule has 1 aliphatic heterocycles. The molecular weight excluding hydrogens is 433 g/mol. The van der Waals surface area contributed by atoms with Crippen molar-refractivity contribution >= 4 is 28.8 Å². The topological polar surface area (TPSA) is 85.8 Å². The number of benzene rings is 1. The van der Waals surface area contributed by atoms with E-state index in [1.165, 1.54) is 6.07 Å². The van der Waals surface area contributed by atoms with Crippen molar-refractivity contribution in [1.82, 2.24) is 19.3 Å². The van der Waals surface area contributed by atoms with Gasteiger partial charge < -0.3 is 15.4 Å². The molecule has 1 aromatic carbocycles. The van der Waals surface area contributed by atoms with E-state index < -0.39 is 5.82 Å². The number of hydrogen-bond acceptors (Lipinski definition) is 5. The molecule has 0 saturated carbocycles. The number of piperidine rings is 1. The van der Waals surface area contributed by atoms with E-state index in [0.29, 0.717) is 35.8 Å². The summed E-state index contributed by atoms with van der Waals surface area (Å²) in [6.07, 6.45) is 6.25. The molecular formula is C23H27ClFN5O2. The third-order valence-corrected chi connectivity index (χ3v) is 5.91. The van der Waals surface area contributed by atoms with Gasteiger partial charge in [-0.2, -0.15) is 0 Å². The number of imidazole rings is 1. The largest absolute Gasteiger partial charge is 0.490 e. The van der Waals surface area contributed by atoms with E-state index in [9.17, 15) is 4.79 Å². The van der Waals surface area contributed by atoms with Gasteiger partial charge >= 0.3 is 0 Å². The molecule has 0 aliphatic carbocycles. The monoisotopic (exact) mass is 459 g/mol. The minimum Gasteiger partial charge on any atom is -0.490 e. The van der Waals surface area contributed by atoms with Crippen molar-refractivity contribution in [2.45, 2.75) is 52.6 Å². The van der Waals surface area contributed by atoms with E-state index in [0.717, 1.165) is 25.0 Å². The second-order valence-electron chi connectivity index (χ2n) is 8.38. The molecule has 1 fully saturated rings. The zero-order valence-electron chi connectivity index (χ0n) is 18.5. The van der Waals surface area contributed by atoms with Crippen LogP contribution in [0.15, 0.2) is 18.5 Å². The summed E-state index contributed by atoms with van der Waals surface area (Å²) in [7, 11) is 0. The number of fused-ring (bicyclic) bond motifs is 1. The Morgan fingerprint density at radius 1 is 1.31 bits per heavy atom. The molecule has 0 atom stereocenters. The summed E-state index contributed by atoms with van der Waals surface area (Å²) in [5.41, 5.74) is 7.96. The van der Waals surface area contributed by atoms with Gasteiger partial charge in [-0.25, -0.2) is 14.4 Å². The normalized spacial score (nSPS) is 14.4. The third-order valence-electron chi connectivity index (χ3n) is 5.64. The van der Waals surface area contributed by atoms with Gasteiger partial charge in [0.1, 0.15) is 28.5 Å². The molecule has 0 unspecified atom stereocenters. The Morgan fingerprint density at radius 3 is 2.72 bits per heavy atom. The SMILES string of the molecule is Cc1nc(Cc2cc(Cl)c(F)c(C(=O)N3CCCCC3)c2OC(C)C)n2ccnc(N)c12. The number of anilines is 1. The van der Waals surface area contributed by atoms with Gasteiger partial charge in [0.05, 0.1) is 16.8 Å². The summed E-state index contributed by atoms with van der Waals surface area (Å²) in [6.45, 7) is 6.72. The molecule has 3 heterocycles. The molecule has 7 nitrogen and oxygen atoms in total. The van der Waals surface area contributed by atoms with Gasteiger partial charge in [-0.1, -0.05) is 11.6 Å². The lowest BCUT2D eigenvalue weighted by Crippen LogP contribution is -2.36. The van der Waals surface area contributed by atoms with Crippen LogP contribution in [0, 0.1) is 12.7 Å². The first-order chi connectivity index (χ1) is 15.3. The minimum atomic E-state index is -0.751. The first-order valence-electron chi connectivity index (χ1n) is 10.8. The number of likely N-dealkylation sites (tertiary alicyclic amines) is 1. The van der Waals surface area contributed by atoms with Crippen LogP contribution in [0.3, 0.4) is 0 Å². The maximum absolute atomic E-state index is 15.2. The predicted octanol–water partition coefficient (Wildman–Crippen LogP) is 4.42. The Kier molecular flexibility index (Phi) is 6.24. The lowest BCUT2D eigenvalue weighted by molar-refractivity contribution is 0.0712. The van der Waals surface area contributed by atoms with Gasteiger partial charge in [0.2, 0.25) is 0 Å². The van der Waals surface area contributed by atoms with Crippen LogP contribution in [-0.2, 0) is 6.42 Å². The fourth-order valence-electron chi connectivity index (χ4n) is 4.22. The third kappa shape index (κ3) is 4.11. The Bertz CT molecular complexity index is 1170. The van der Waals surface area contributed by atoms with E-state index in [1.807, 2.05) is 25.2 Å². The Balaban J connectivity index is 1.84. The molecule has 2 aromatic heterocycles. The molecule has 1 aliphatic rings. The molecule has 9 heteroatoms. The molecule has 0 spiro atoms. The molecule has 32 heavy (non-hydrogen) atoms. The molecule has 1 saturated heterocycles. The van der Waals surface area contributed by atoms with Crippen molar-refractivity contribution < 1.29 is 13.9 Å². The Morgan fingerprint density at radius 2 is 2.03 bits per heavy atom. The highest BCUT2D eigenvalue weighted by Gasteiger charge is 2.30. The summed E-state index contributed by atoms with van der Waals surface area (Å²) in [4.78, 5) is 23.8. The summed E-state index contributed by atoms with van der Waals surface area (Å²) in [5, 5.41) is -0.116. The smallest absolute Gasteiger partial charge is 0.260 e. The second-order valence-corrected chi connectivity index (χ2v) is 8.78. The average Bonchev–Trinajstić information content (AvgIpc) is 3.08. The van der Waals surface area contributed by atoms with E-state index in [4.69, 9.17) is 22.1 Å². The van der Waals surface area contributed by atoms with E-state index >= 15 is 4.39 Å². The van der Waals surface area contributed by atoms with Crippen molar-refractivity contribution in [2.75, 3.05) is 18.8 Å². The van der Waals surface area contributed by atoms with E-state index in [-0.39, 0.29) is 34.8 Å². The number of hydrogen-bond donors (Lipinski definition) is 1. The zero-order valence-corrected chi connectivity index (χ0v) is 19.2. The molecule has 1 amide bonds. The number of halogens is 2. The quantitative estimate of drug-likeness (QED) is 0.610. The van der Waals surface area contributed by atoms with Crippen LogP contribution >= 0.6 is 11.6 Å². The number of rotatable bonds is 5. The van der Waals surface area contributed by atoms with Crippen molar-refractivity contribution in [2.24, 2.45) is 0 Å². The summed E-state index contributed by atoms with van der Waals surface area (Å²) in [6, 6.07) is 1.52. The summed E-state index contributed by atoms with van der Waals surface area (Å²) in [5.74, 6) is 0.118. The molecule has 170 valence electrons. The maximum Gasteiger partial charge on any atom is 0.260 e. The van der Waals surface area contributed by atoms with Crippen LogP contribution in [0.1, 0.15) is 60.5 Å². The number of ether oxygens (including phenoxy) is 1. The van der Waals surface area contributed by atoms with Crippen LogP contribution in [0.25, 0.3) is 5.52 Å². The standard InChI is InChI=1S/C23H27ClFN5O2/c1-13(2)32-21-15(12-17-28-14(3)20-22(26)27-7-10-30(17)20)11-16(24)19(25)18(21)23(31)29-8-5-4-6-9-29/h7,10-11,13H,4-6,8-9,12H2,1-3H3,(H2,26,27). The first kappa shape index (κ1) is 22.3. The van der Waals surface area contributed by atoms with Gasteiger partial charge in [-0.05, 0) is 46.1 Å². The van der Waals surface area contributed by atoms with Crippen molar-refractivity contribution in [3.63, 3.8) is 0 Å². The molecule has 3 aromatic rings. The van der Waals surface area contributed by atoms with Crippen molar-refractivity contribution in [3.05, 3.63) is 51.9 Å². The first-order valence-corrected chi connectivity index (χ1v) is 11.2. The Hall–Kier alpha value is -2.87. The van der Waals surface area contributed by atoms with Crippen molar-refractivity contribution in [3.8, 4) is 5.75 Å². The number of nitrogens with zero attached hydrogens (tertiary/aromatic N) is 4. The molecule has 4 rings (SSSR count). The van der Waals surface area contributed by atoms with E-state index in [1.54, 1.807) is 17.3 Å². The van der Waals surface area contributed by atoms with Gasteiger partial charge in [0.25, 0.3) is 5.91 Å². The minimum absolute atomic E-state index is 0.109. The van der Waals surface area contributed by atoms with Gasteiger partial charge in [0, 0.05) is 37.5 Å². The second kappa shape index (κ2) is 8.94. The Labute approximate surface area is 191 Å². The highest BCUT2D eigenvalue weighted by atomic mass is 35.5. The highest BCUT2D eigenvalue weighted by Crippen LogP contribution is 2.36. The lowest BCUT2D eigenvalue weighted by atomic mass is 10.0. The zero-order chi connectivity index (χ0) is 23.0. The van der Waals surface area contributed by atoms with Crippen LogP contribution in [-0.4, -0.2) is 44.4 Å². The number of aromatic nitrogens is 3. The number of carbonyl (C=O) groups is 1. The molecule has 0 bridgehead atoms. The maximum atomic E-state index is 15.2. The van der Waals surface area contributed by atoms with Gasteiger partial charge in [-0.3, -0.25) is 9.20 Å². The number of nitrogens with two attached hydrogens (primary N) is 1.